The molecule has 5 nitrogen and oxygen atoms in total. The Hall–Kier alpha value is -1.59. The first kappa shape index (κ1) is 10.6. The van der Waals surface area contributed by atoms with E-state index in [1.807, 2.05) is 24.3 Å². The number of carbonyl (C=O) groups excluding carboxylic acids is 1. The number of para-hydroxylation sites is 1. The van der Waals surface area contributed by atoms with E-state index in [0.29, 0.717) is 6.42 Å². The molecule has 0 bridgehead atoms. The molecule has 1 aromatic rings. The van der Waals surface area contributed by atoms with Crippen LogP contribution in [0.4, 0.5) is 0 Å². The summed E-state index contributed by atoms with van der Waals surface area (Å²) in [6.07, 6.45) is 0.0177. The zero-order valence-corrected chi connectivity index (χ0v) is 9.40. The Morgan fingerprint density at radius 2 is 2.29 bits per heavy atom. The highest BCUT2D eigenvalue weighted by Gasteiger charge is 2.45. The molecule has 0 aromatic heterocycles. The summed E-state index contributed by atoms with van der Waals surface area (Å²) in [7, 11) is 0. The van der Waals surface area contributed by atoms with Crippen molar-refractivity contribution >= 4 is 5.91 Å². The summed E-state index contributed by atoms with van der Waals surface area (Å²) in [6, 6.07) is 7.80. The van der Waals surface area contributed by atoms with Gasteiger partial charge in [-0.2, -0.15) is 0 Å². The third-order valence-corrected chi connectivity index (χ3v) is 3.50. The zero-order valence-electron chi connectivity index (χ0n) is 9.40. The Bertz CT molecular complexity index is 455. The lowest BCUT2D eigenvalue weighted by Crippen LogP contribution is -2.50. The fourth-order valence-corrected chi connectivity index (χ4v) is 2.65. The van der Waals surface area contributed by atoms with Gasteiger partial charge in [-0.1, -0.05) is 18.2 Å². The largest absolute Gasteiger partial charge is 0.480 e. The van der Waals surface area contributed by atoms with Crippen LogP contribution in [-0.4, -0.2) is 25.2 Å². The molecule has 2 unspecified atom stereocenters. The summed E-state index contributed by atoms with van der Waals surface area (Å²) in [5.74, 6) is 0.339. The highest BCUT2D eigenvalue weighted by atomic mass is 16.5. The maximum Gasteiger partial charge on any atom is 0.258 e. The molecule has 2 aliphatic heterocycles. The number of fused-ring (bicyclic) bond motifs is 2. The van der Waals surface area contributed by atoms with E-state index in [4.69, 9.17) is 10.5 Å². The van der Waals surface area contributed by atoms with Gasteiger partial charge in [-0.05, 0) is 6.07 Å². The molecule has 2 heterocycles. The van der Waals surface area contributed by atoms with Crippen LogP contribution in [0.15, 0.2) is 24.3 Å². The minimum absolute atomic E-state index is 0.228. The monoisotopic (exact) mass is 233 g/mol. The fourth-order valence-electron chi connectivity index (χ4n) is 2.65. The number of hydrogen-bond acceptors (Lipinski definition) is 4. The summed E-state index contributed by atoms with van der Waals surface area (Å²) < 4.78 is 5.64. The molecule has 1 spiro atoms. The molecular weight excluding hydrogens is 218 g/mol. The predicted molar refractivity (Wildman–Crippen MR) is 62.4 cm³/mol. The van der Waals surface area contributed by atoms with E-state index in [0.717, 1.165) is 24.5 Å². The number of primary amides is 1. The van der Waals surface area contributed by atoms with Crippen LogP contribution in [0.25, 0.3) is 0 Å². The van der Waals surface area contributed by atoms with Crippen molar-refractivity contribution < 1.29 is 9.53 Å². The van der Waals surface area contributed by atoms with E-state index in [9.17, 15) is 4.79 Å². The summed E-state index contributed by atoms with van der Waals surface area (Å²) in [5, 5.41) is 6.68. The molecule has 4 N–H and O–H groups in total. The van der Waals surface area contributed by atoms with Crippen molar-refractivity contribution in [3.63, 3.8) is 0 Å². The van der Waals surface area contributed by atoms with Crippen LogP contribution in [0, 0.1) is 0 Å². The Balaban J connectivity index is 2.06. The Labute approximate surface area is 99.3 Å². The maximum atomic E-state index is 11.4. The molecule has 1 amide bonds. The van der Waals surface area contributed by atoms with Gasteiger partial charge >= 0.3 is 0 Å². The number of ether oxygens (including phenoxy) is 1. The quantitative estimate of drug-likeness (QED) is 0.620. The lowest BCUT2D eigenvalue weighted by atomic mass is 9.82. The first-order valence-electron chi connectivity index (χ1n) is 5.72. The van der Waals surface area contributed by atoms with Crippen molar-refractivity contribution in [2.24, 2.45) is 5.73 Å². The molecule has 0 radical (unpaired) electrons. The van der Waals surface area contributed by atoms with Gasteiger partial charge in [0, 0.05) is 25.2 Å². The Morgan fingerprint density at radius 1 is 1.47 bits per heavy atom. The first-order valence-corrected chi connectivity index (χ1v) is 5.72. The molecule has 2 atom stereocenters. The second-order valence-electron chi connectivity index (χ2n) is 4.57. The molecule has 5 heteroatoms. The maximum absolute atomic E-state index is 11.4. The molecule has 0 aliphatic carbocycles. The highest BCUT2D eigenvalue weighted by molar-refractivity contribution is 5.80. The van der Waals surface area contributed by atoms with E-state index in [2.05, 4.69) is 10.6 Å². The summed E-state index contributed by atoms with van der Waals surface area (Å²) in [5.41, 5.74) is 6.24. The van der Waals surface area contributed by atoms with Gasteiger partial charge in [-0.15, -0.1) is 0 Å². The number of nitrogens with two attached hydrogens (primary N) is 1. The Kier molecular flexibility index (Phi) is 2.31. The van der Waals surface area contributed by atoms with Gasteiger partial charge in [0.25, 0.3) is 5.91 Å². The fraction of sp³-hybridized carbons (Fsp3) is 0.417. The summed E-state index contributed by atoms with van der Waals surface area (Å²) >= 11 is 0. The van der Waals surface area contributed by atoms with Gasteiger partial charge in [0.2, 0.25) is 0 Å². The molecule has 90 valence electrons. The predicted octanol–water partition coefficient (Wildman–Crippen LogP) is -0.331. The second kappa shape index (κ2) is 3.72. The minimum Gasteiger partial charge on any atom is -0.480 e. The van der Waals surface area contributed by atoms with Crippen LogP contribution in [0.2, 0.25) is 0 Å². The number of rotatable bonds is 1. The van der Waals surface area contributed by atoms with Crippen LogP contribution >= 0.6 is 0 Å². The highest BCUT2D eigenvalue weighted by Crippen LogP contribution is 2.39. The zero-order chi connectivity index (χ0) is 11.9. The number of benzene rings is 1. The number of carbonyl (C=O) groups is 1. The second-order valence-corrected chi connectivity index (χ2v) is 4.57. The van der Waals surface area contributed by atoms with Gasteiger partial charge < -0.3 is 15.8 Å². The average Bonchev–Trinajstić information content (AvgIpc) is 2.78. The minimum atomic E-state index is -0.558. The van der Waals surface area contributed by atoms with E-state index in [1.54, 1.807) is 0 Å². The number of amides is 1. The third-order valence-electron chi connectivity index (χ3n) is 3.50. The van der Waals surface area contributed by atoms with Gasteiger partial charge in [0.1, 0.15) is 5.75 Å². The van der Waals surface area contributed by atoms with Gasteiger partial charge in [-0.25, -0.2) is 0 Å². The van der Waals surface area contributed by atoms with Gasteiger partial charge in [0.05, 0.1) is 5.54 Å². The molecule has 1 fully saturated rings. The molecule has 2 aliphatic rings. The lowest BCUT2D eigenvalue weighted by molar-refractivity contribution is -0.126. The smallest absolute Gasteiger partial charge is 0.258 e. The molecule has 0 saturated carbocycles. The standard InChI is InChI=1S/C12H15N3O2/c13-11(16)10-5-12(6-14-7-15-12)8-3-1-2-4-9(8)17-10/h1-4,10,14-15H,5-7H2,(H2,13,16). The first-order chi connectivity index (χ1) is 8.21. The van der Waals surface area contributed by atoms with Crippen LogP contribution in [-0.2, 0) is 10.3 Å². The summed E-state index contributed by atoms with van der Waals surface area (Å²) in [4.78, 5) is 11.4. The van der Waals surface area contributed by atoms with Gasteiger partial charge in [-0.3, -0.25) is 10.1 Å². The van der Waals surface area contributed by atoms with Crippen molar-refractivity contribution in [3.05, 3.63) is 29.8 Å². The van der Waals surface area contributed by atoms with Crippen LogP contribution in [0.3, 0.4) is 0 Å². The van der Waals surface area contributed by atoms with E-state index >= 15 is 0 Å². The van der Waals surface area contributed by atoms with Crippen LogP contribution in [0.5, 0.6) is 5.75 Å². The average molecular weight is 233 g/mol. The van der Waals surface area contributed by atoms with Crippen molar-refractivity contribution in [1.82, 2.24) is 10.6 Å². The molecule has 1 aromatic carbocycles. The lowest BCUT2D eigenvalue weighted by Gasteiger charge is -2.38. The van der Waals surface area contributed by atoms with Crippen molar-refractivity contribution in [1.29, 1.82) is 0 Å². The molecule has 3 rings (SSSR count). The molecular formula is C12H15N3O2. The number of hydrogen-bond donors (Lipinski definition) is 3. The van der Waals surface area contributed by atoms with Crippen molar-refractivity contribution in [2.75, 3.05) is 13.2 Å². The molecule has 17 heavy (non-hydrogen) atoms. The van der Waals surface area contributed by atoms with E-state index < -0.39 is 12.0 Å². The van der Waals surface area contributed by atoms with E-state index in [1.165, 1.54) is 0 Å². The molecule has 1 saturated heterocycles. The van der Waals surface area contributed by atoms with Gasteiger partial charge in [0.15, 0.2) is 6.10 Å². The van der Waals surface area contributed by atoms with Crippen molar-refractivity contribution in [3.8, 4) is 5.75 Å². The van der Waals surface area contributed by atoms with Crippen LogP contribution in [0.1, 0.15) is 12.0 Å². The number of nitrogens with one attached hydrogen (secondary N) is 2. The third kappa shape index (κ3) is 1.59. The topological polar surface area (TPSA) is 76.4 Å². The SMILES string of the molecule is NC(=O)C1CC2(CNCN2)c2ccccc2O1. The van der Waals surface area contributed by atoms with Crippen molar-refractivity contribution in [2.45, 2.75) is 18.1 Å². The normalized spacial score (nSPS) is 30.9. The Morgan fingerprint density at radius 3 is 3.00 bits per heavy atom. The summed E-state index contributed by atoms with van der Waals surface area (Å²) in [6.45, 7) is 1.52. The van der Waals surface area contributed by atoms with Crippen LogP contribution < -0.4 is 21.1 Å². The van der Waals surface area contributed by atoms with E-state index in [-0.39, 0.29) is 5.54 Å².